The normalized spacial score (nSPS) is 9.76. The molecule has 0 spiro atoms. The second-order valence-corrected chi connectivity index (χ2v) is 4.94. The van der Waals surface area contributed by atoms with Crippen LogP contribution in [0.25, 0.3) is 0 Å². The Morgan fingerprint density at radius 2 is 2.05 bits per heavy atom. The van der Waals surface area contributed by atoms with E-state index in [1.54, 1.807) is 36.4 Å². The standard InChI is InChI=1S/C15H10Cl2N2O2/c16-11-2-1-3-12(7-11)21-9-15(20)19-14-5-4-10(8-18)6-13(14)17/h1-7H,9H2,(H,19,20). The highest BCUT2D eigenvalue weighted by Gasteiger charge is 2.07. The van der Waals surface area contributed by atoms with Gasteiger partial charge >= 0.3 is 0 Å². The Morgan fingerprint density at radius 1 is 1.24 bits per heavy atom. The zero-order valence-electron chi connectivity index (χ0n) is 10.8. The Hall–Kier alpha value is -2.22. The molecule has 0 saturated heterocycles. The zero-order chi connectivity index (χ0) is 15.2. The van der Waals surface area contributed by atoms with Gasteiger partial charge in [-0.2, -0.15) is 5.26 Å². The molecule has 0 atom stereocenters. The van der Waals surface area contributed by atoms with Crippen LogP contribution in [-0.2, 0) is 4.79 Å². The third kappa shape index (κ3) is 4.38. The number of nitrogens with one attached hydrogen (secondary N) is 1. The molecule has 106 valence electrons. The number of ether oxygens (including phenoxy) is 1. The Balaban J connectivity index is 1.95. The van der Waals surface area contributed by atoms with E-state index in [1.165, 1.54) is 6.07 Å². The molecule has 0 bridgehead atoms. The summed E-state index contributed by atoms with van der Waals surface area (Å²) in [6.45, 7) is -0.170. The molecule has 4 nitrogen and oxygen atoms in total. The molecule has 6 heteroatoms. The van der Waals surface area contributed by atoms with Crippen LogP contribution in [0.1, 0.15) is 5.56 Å². The van der Waals surface area contributed by atoms with Crippen LogP contribution in [0.5, 0.6) is 5.75 Å². The van der Waals surface area contributed by atoms with E-state index < -0.39 is 0 Å². The molecular weight excluding hydrogens is 311 g/mol. The van der Waals surface area contributed by atoms with Crippen LogP contribution in [0.15, 0.2) is 42.5 Å². The molecule has 21 heavy (non-hydrogen) atoms. The molecule has 2 aromatic carbocycles. The molecule has 0 fully saturated rings. The Kier molecular flexibility index (Phi) is 5.04. The van der Waals surface area contributed by atoms with Crippen molar-refractivity contribution in [2.75, 3.05) is 11.9 Å². The van der Waals surface area contributed by atoms with Gasteiger partial charge in [0.1, 0.15) is 5.75 Å². The van der Waals surface area contributed by atoms with Gasteiger partial charge < -0.3 is 10.1 Å². The summed E-state index contributed by atoms with van der Waals surface area (Å²) in [5, 5.41) is 12.2. The maximum Gasteiger partial charge on any atom is 0.262 e. The van der Waals surface area contributed by atoms with Crippen molar-refractivity contribution in [1.82, 2.24) is 0 Å². The number of hydrogen-bond acceptors (Lipinski definition) is 3. The van der Waals surface area contributed by atoms with E-state index >= 15 is 0 Å². The number of benzene rings is 2. The molecule has 0 aliphatic carbocycles. The summed E-state index contributed by atoms with van der Waals surface area (Å²) in [5.41, 5.74) is 0.850. The van der Waals surface area contributed by atoms with E-state index in [1.807, 2.05) is 6.07 Å². The number of halogens is 2. The molecule has 0 unspecified atom stereocenters. The van der Waals surface area contributed by atoms with Gasteiger partial charge in [-0.15, -0.1) is 0 Å². The number of nitriles is 1. The first kappa shape index (κ1) is 15.2. The van der Waals surface area contributed by atoms with Gasteiger partial charge in [0.05, 0.1) is 22.3 Å². The average Bonchev–Trinajstić information content (AvgIpc) is 2.47. The Bertz CT molecular complexity index is 711. The maximum absolute atomic E-state index is 11.8. The van der Waals surface area contributed by atoms with Crippen molar-refractivity contribution in [1.29, 1.82) is 5.26 Å². The highest BCUT2D eigenvalue weighted by atomic mass is 35.5. The van der Waals surface area contributed by atoms with Crippen LogP contribution in [-0.4, -0.2) is 12.5 Å². The predicted molar refractivity (Wildman–Crippen MR) is 81.7 cm³/mol. The van der Waals surface area contributed by atoms with Crippen molar-refractivity contribution in [3.8, 4) is 11.8 Å². The van der Waals surface area contributed by atoms with Gasteiger partial charge in [0.15, 0.2) is 6.61 Å². The summed E-state index contributed by atoms with van der Waals surface area (Å²) >= 11 is 11.8. The molecular formula is C15H10Cl2N2O2. The number of rotatable bonds is 4. The highest BCUT2D eigenvalue weighted by molar-refractivity contribution is 6.33. The average molecular weight is 321 g/mol. The summed E-state index contributed by atoms with van der Waals surface area (Å²) in [4.78, 5) is 11.8. The van der Waals surface area contributed by atoms with Crippen molar-refractivity contribution in [2.45, 2.75) is 0 Å². The van der Waals surface area contributed by atoms with Crippen molar-refractivity contribution < 1.29 is 9.53 Å². The van der Waals surface area contributed by atoms with E-state index in [0.29, 0.717) is 27.0 Å². The molecule has 2 aromatic rings. The van der Waals surface area contributed by atoms with Crippen LogP contribution in [0.2, 0.25) is 10.0 Å². The summed E-state index contributed by atoms with van der Waals surface area (Å²) in [5.74, 6) is 0.144. The molecule has 0 aromatic heterocycles. The van der Waals surface area contributed by atoms with Crippen LogP contribution in [0, 0.1) is 11.3 Å². The second-order valence-electron chi connectivity index (χ2n) is 4.10. The van der Waals surface area contributed by atoms with Gasteiger partial charge in [0, 0.05) is 5.02 Å². The Morgan fingerprint density at radius 3 is 2.71 bits per heavy atom. The summed E-state index contributed by atoms with van der Waals surface area (Å²) in [6.07, 6.45) is 0. The summed E-state index contributed by atoms with van der Waals surface area (Å²) in [7, 11) is 0. The fourth-order valence-corrected chi connectivity index (χ4v) is 1.99. The first-order valence-electron chi connectivity index (χ1n) is 5.96. The quantitative estimate of drug-likeness (QED) is 0.929. The highest BCUT2D eigenvalue weighted by Crippen LogP contribution is 2.23. The number of hydrogen-bond donors (Lipinski definition) is 1. The van der Waals surface area contributed by atoms with Crippen molar-refractivity contribution in [3.05, 3.63) is 58.1 Å². The zero-order valence-corrected chi connectivity index (χ0v) is 12.3. The van der Waals surface area contributed by atoms with Gasteiger partial charge in [-0.25, -0.2) is 0 Å². The Labute approximate surface area is 131 Å². The minimum Gasteiger partial charge on any atom is -0.484 e. The lowest BCUT2D eigenvalue weighted by molar-refractivity contribution is -0.118. The molecule has 0 aliphatic heterocycles. The smallest absolute Gasteiger partial charge is 0.262 e. The van der Waals surface area contributed by atoms with Crippen LogP contribution in [0.3, 0.4) is 0 Å². The first-order valence-corrected chi connectivity index (χ1v) is 6.72. The third-order valence-corrected chi connectivity index (χ3v) is 3.09. The number of amides is 1. The molecule has 0 saturated carbocycles. The van der Waals surface area contributed by atoms with E-state index in [2.05, 4.69) is 5.32 Å². The van der Waals surface area contributed by atoms with Crippen molar-refractivity contribution in [2.24, 2.45) is 0 Å². The van der Waals surface area contributed by atoms with E-state index in [9.17, 15) is 4.79 Å². The molecule has 0 heterocycles. The van der Waals surface area contributed by atoms with E-state index in [4.69, 9.17) is 33.2 Å². The fourth-order valence-electron chi connectivity index (χ4n) is 1.58. The lowest BCUT2D eigenvalue weighted by atomic mass is 10.2. The van der Waals surface area contributed by atoms with E-state index in [0.717, 1.165) is 0 Å². The molecule has 0 radical (unpaired) electrons. The molecule has 2 rings (SSSR count). The van der Waals surface area contributed by atoms with Crippen molar-refractivity contribution >= 4 is 34.8 Å². The SMILES string of the molecule is N#Cc1ccc(NC(=O)COc2cccc(Cl)c2)c(Cl)c1. The number of nitrogens with zero attached hydrogens (tertiary/aromatic N) is 1. The molecule has 1 amide bonds. The van der Waals surface area contributed by atoms with Gasteiger partial charge in [-0.1, -0.05) is 29.3 Å². The van der Waals surface area contributed by atoms with Gasteiger partial charge in [0.25, 0.3) is 5.91 Å². The number of carbonyl (C=O) groups excluding carboxylic acids is 1. The van der Waals surface area contributed by atoms with Crippen molar-refractivity contribution in [3.63, 3.8) is 0 Å². The number of anilines is 1. The monoisotopic (exact) mass is 320 g/mol. The molecule has 0 aliphatic rings. The van der Waals surface area contributed by atoms with Gasteiger partial charge in [0.2, 0.25) is 0 Å². The summed E-state index contributed by atoms with van der Waals surface area (Å²) < 4.78 is 5.31. The second kappa shape index (κ2) is 6.98. The van der Waals surface area contributed by atoms with E-state index in [-0.39, 0.29) is 12.5 Å². The fraction of sp³-hybridized carbons (Fsp3) is 0.0667. The minimum absolute atomic E-state index is 0.170. The summed E-state index contributed by atoms with van der Waals surface area (Å²) in [6, 6.07) is 13.3. The van der Waals surface area contributed by atoms with Crippen LogP contribution >= 0.6 is 23.2 Å². The van der Waals surface area contributed by atoms with Gasteiger partial charge in [-0.3, -0.25) is 4.79 Å². The largest absolute Gasteiger partial charge is 0.484 e. The van der Waals surface area contributed by atoms with Crippen LogP contribution in [0.4, 0.5) is 5.69 Å². The number of carbonyl (C=O) groups is 1. The first-order chi connectivity index (χ1) is 10.1. The third-order valence-electron chi connectivity index (χ3n) is 2.54. The molecule has 1 N–H and O–H groups in total. The minimum atomic E-state index is -0.360. The van der Waals surface area contributed by atoms with Gasteiger partial charge in [-0.05, 0) is 36.4 Å². The lowest BCUT2D eigenvalue weighted by Crippen LogP contribution is -2.20. The topological polar surface area (TPSA) is 62.1 Å². The predicted octanol–water partition coefficient (Wildman–Crippen LogP) is 3.88. The maximum atomic E-state index is 11.8. The van der Waals surface area contributed by atoms with Crippen LogP contribution < -0.4 is 10.1 Å². The lowest BCUT2D eigenvalue weighted by Gasteiger charge is -2.09.